The summed E-state index contributed by atoms with van der Waals surface area (Å²) in [6, 6.07) is 0.748. The summed E-state index contributed by atoms with van der Waals surface area (Å²) in [7, 11) is 0. The number of carbonyl (C=O) groups is 5. The molecule has 0 unspecified atom stereocenters. The maximum Gasteiger partial charge on any atom is 0.427 e. The van der Waals surface area contributed by atoms with Gasteiger partial charge in [-0.25, -0.2) is 29.4 Å². The van der Waals surface area contributed by atoms with E-state index in [1.807, 2.05) is 6.07 Å². The van der Waals surface area contributed by atoms with Crippen molar-refractivity contribution in [3.63, 3.8) is 0 Å². The fourth-order valence-corrected chi connectivity index (χ4v) is 7.85. The number of anilines is 1. The predicted octanol–water partition coefficient (Wildman–Crippen LogP) is 0.531. The van der Waals surface area contributed by atoms with E-state index in [1.165, 1.54) is 40.1 Å². The van der Waals surface area contributed by atoms with Crippen molar-refractivity contribution in [3.05, 3.63) is 45.5 Å². The molecule has 1 aromatic rings. The number of aliphatic carboxylic acids is 1. The van der Waals surface area contributed by atoms with E-state index in [1.54, 1.807) is 13.0 Å². The zero-order chi connectivity index (χ0) is 33.1. The van der Waals surface area contributed by atoms with E-state index in [4.69, 9.17) is 15.8 Å². The van der Waals surface area contributed by atoms with Crippen LogP contribution < -0.4 is 16.6 Å². The first-order chi connectivity index (χ1) is 22.0. The third-order valence-electron chi connectivity index (χ3n) is 6.27. The van der Waals surface area contributed by atoms with E-state index in [0.29, 0.717) is 22.1 Å². The number of aromatic nitrogens is 1. The van der Waals surface area contributed by atoms with Crippen molar-refractivity contribution in [2.24, 2.45) is 10.1 Å². The van der Waals surface area contributed by atoms with E-state index in [2.05, 4.69) is 26.0 Å². The summed E-state index contributed by atoms with van der Waals surface area (Å²) in [6.07, 6.45) is 1.76. The molecule has 1 fully saturated rings. The lowest BCUT2D eigenvalue weighted by molar-refractivity contribution is -0.150. The predicted molar refractivity (Wildman–Crippen MR) is 168 cm³/mol. The minimum Gasteiger partial charge on any atom is -0.477 e. The van der Waals surface area contributed by atoms with Crippen molar-refractivity contribution in [2.75, 3.05) is 28.7 Å². The molecule has 1 aromatic heterocycles. The topological polar surface area (TPSA) is 256 Å². The van der Waals surface area contributed by atoms with Crippen LogP contribution in [0.5, 0.6) is 0 Å². The van der Waals surface area contributed by atoms with Gasteiger partial charge in [0.25, 0.3) is 11.8 Å². The Hall–Kier alpha value is -4.56. The largest absolute Gasteiger partial charge is 0.477 e. The number of carbonyl (C=O) groups excluding carboxylic acids is 3. The molecule has 0 aromatic carbocycles. The Labute approximate surface area is 276 Å². The molecule has 6 N–H and O–H groups in total. The SMILES string of the molecule is CC1=NC2=CN(C(=O)O)NN2C(SCC2=C(C(=O)O)N3C(=O)[C@@H](NC(=O)/C(=N\OC(=O)CSCC#N)c4csc(N)n4)[C@H]3SC2)=C1. The van der Waals surface area contributed by atoms with Gasteiger partial charge in [0.1, 0.15) is 22.8 Å². The van der Waals surface area contributed by atoms with Crippen molar-refractivity contribution in [1.29, 1.82) is 5.26 Å². The lowest BCUT2D eigenvalue weighted by Gasteiger charge is -2.49. The van der Waals surface area contributed by atoms with E-state index in [0.717, 1.165) is 33.0 Å². The number of thioether (sulfide) groups is 3. The second-order valence-electron chi connectivity index (χ2n) is 9.34. The number of fused-ring (bicyclic) bond motifs is 2. The standard InChI is InChI=1S/C24H22N10O8S4/c1-10-4-14(34-13(27-10)5-32(31-34)24(40)41)44-6-11-7-45-21-17(20(37)33(21)18(11)22(38)39)29-19(36)16(12-8-46-23(26)28-12)30-42-15(35)9-43-3-2-25/h4-5,8,17,21,31H,3,6-7,9H2,1H3,(H2,26,28)(H,29,36)(H,38,39)(H,40,41)/b30-16-/t17-,21-/m1/s1. The summed E-state index contributed by atoms with van der Waals surface area (Å²) < 4.78 is 0. The van der Waals surface area contributed by atoms with Crippen LogP contribution in [0.1, 0.15) is 12.6 Å². The minimum absolute atomic E-state index is 0.00268. The molecule has 240 valence electrons. The average molecular weight is 707 g/mol. The molecule has 18 nitrogen and oxygen atoms in total. The van der Waals surface area contributed by atoms with Crippen LogP contribution in [0.15, 0.2) is 49.9 Å². The number of allylic oxidation sites excluding steroid dienone is 1. The van der Waals surface area contributed by atoms with Gasteiger partial charge in [0.15, 0.2) is 16.7 Å². The Balaban J connectivity index is 1.28. The molecule has 22 heteroatoms. The van der Waals surface area contributed by atoms with Gasteiger partial charge in [0, 0.05) is 22.6 Å². The van der Waals surface area contributed by atoms with Crippen molar-refractivity contribution in [2.45, 2.75) is 18.3 Å². The molecule has 5 heterocycles. The number of thiazole rings is 1. The highest BCUT2D eigenvalue weighted by Crippen LogP contribution is 2.42. The molecule has 4 aliphatic heterocycles. The van der Waals surface area contributed by atoms with Gasteiger partial charge in [0.2, 0.25) is 0 Å². The first-order valence-corrected chi connectivity index (χ1v) is 16.9. The van der Waals surface area contributed by atoms with Crippen LogP contribution in [0.25, 0.3) is 0 Å². The molecule has 5 rings (SSSR count). The number of carboxylic acid groups (broad SMARTS) is 2. The summed E-state index contributed by atoms with van der Waals surface area (Å²) >= 11 is 4.47. The van der Waals surface area contributed by atoms with Crippen molar-refractivity contribution < 1.29 is 39.0 Å². The third-order valence-corrected chi connectivity index (χ3v) is 10.1. The van der Waals surface area contributed by atoms with Gasteiger partial charge in [-0.3, -0.25) is 14.5 Å². The Morgan fingerprint density at radius 1 is 1.35 bits per heavy atom. The smallest absolute Gasteiger partial charge is 0.427 e. The molecule has 1 saturated heterocycles. The van der Waals surface area contributed by atoms with Crippen LogP contribution in [-0.4, -0.2) is 106 Å². The van der Waals surface area contributed by atoms with Gasteiger partial charge in [-0.1, -0.05) is 5.16 Å². The number of amides is 3. The number of aliphatic imine (C=N–C) groups is 1. The summed E-state index contributed by atoms with van der Waals surface area (Å²) in [4.78, 5) is 76.5. The highest BCUT2D eigenvalue weighted by molar-refractivity contribution is 8.03. The van der Waals surface area contributed by atoms with Gasteiger partial charge in [-0.05, 0) is 18.6 Å². The number of hydrazine groups is 2. The summed E-state index contributed by atoms with van der Waals surface area (Å²) in [5.74, 6) is -3.15. The molecule has 0 bridgehead atoms. The number of nitrogens with two attached hydrogens (primary N) is 1. The molecule has 3 amide bonds. The van der Waals surface area contributed by atoms with Crippen LogP contribution in [0.2, 0.25) is 0 Å². The molecule has 4 aliphatic rings. The molecular weight excluding hydrogens is 685 g/mol. The fourth-order valence-electron chi connectivity index (χ4n) is 4.33. The number of hydrogen-bond acceptors (Lipinski definition) is 17. The zero-order valence-electron chi connectivity index (χ0n) is 23.4. The molecule has 0 saturated carbocycles. The molecule has 46 heavy (non-hydrogen) atoms. The van der Waals surface area contributed by atoms with Crippen LogP contribution in [0.4, 0.5) is 9.93 Å². The maximum atomic E-state index is 13.3. The van der Waals surface area contributed by atoms with Gasteiger partial charge in [0.05, 0.1) is 28.8 Å². The van der Waals surface area contributed by atoms with Crippen molar-refractivity contribution >= 4 is 93.0 Å². The number of nitriles is 1. The Bertz CT molecular complexity index is 1710. The lowest BCUT2D eigenvalue weighted by Crippen LogP contribution is -2.71. The monoisotopic (exact) mass is 706 g/mol. The molecule has 2 atom stereocenters. The highest BCUT2D eigenvalue weighted by Gasteiger charge is 2.54. The number of nitrogens with zero attached hydrogens (tertiary/aromatic N) is 7. The van der Waals surface area contributed by atoms with E-state index in [9.17, 15) is 34.2 Å². The van der Waals surface area contributed by atoms with Crippen LogP contribution >= 0.6 is 46.6 Å². The summed E-state index contributed by atoms with van der Waals surface area (Å²) in [6.45, 7) is 1.73. The van der Waals surface area contributed by atoms with Crippen LogP contribution in [0.3, 0.4) is 0 Å². The molecule has 0 spiro atoms. The summed E-state index contributed by atoms with van der Waals surface area (Å²) in [5, 5.41) is 37.8. The van der Waals surface area contributed by atoms with Gasteiger partial charge >= 0.3 is 18.0 Å². The quantitative estimate of drug-likeness (QED) is 0.0691. The van der Waals surface area contributed by atoms with Gasteiger partial charge in [-0.2, -0.15) is 10.3 Å². The fraction of sp³-hybridized carbons (Fsp3) is 0.292. The van der Waals surface area contributed by atoms with Gasteiger partial charge < -0.3 is 26.1 Å². The number of oxime groups is 1. The van der Waals surface area contributed by atoms with E-state index >= 15 is 0 Å². The summed E-state index contributed by atoms with van der Waals surface area (Å²) in [5.41, 5.74) is 8.77. The number of nitrogen functional groups attached to an aromatic ring is 1. The van der Waals surface area contributed by atoms with Crippen molar-refractivity contribution in [3.8, 4) is 6.07 Å². The normalized spacial score (nSPS) is 20.5. The second-order valence-corrected chi connectivity index (χ2v) is 13.3. The molecule has 0 radical (unpaired) electrons. The first-order valence-electron chi connectivity index (χ1n) is 12.8. The van der Waals surface area contributed by atoms with Crippen molar-refractivity contribution in [1.82, 2.24) is 30.8 Å². The Kier molecular flexibility index (Phi) is 9.87. The number of nitrogens with one attached hydrogen (secondary N) is 2. The zero-order valence-corrected chi connectivity index (χ0v) is 26.7. The number of carboxylic acids is 1. The van der Waals surface area contributed by atoms with Gasteiger partial charge in [-0.15, -0.1) is 52.2 Å². The third kappa shape index (κ3) is 6.82. The number of β-lactam (4-membered cyclic amide) rings is 1. The minimum atomic E-state index is -1.33. The number of rotatable bonds is 11. The first kappa shape index (κ1) is 32.8. The second kappa shape index (κ2) is 13.8. The lowest BCUT2D eigenvalue weighted by atomic mass is 10.0. The van der Waals surface area contributed by atoms with E-state index in [-0.39, 0.29) is 39.5 Å². The Morgan fingerprint density at radius 2 is 2.13 bits per heavy atom. The van der Waals surface area contributed by atoms with E-state index < -0.39 is 47.0 Å². The van der Waals surface area contributed by atoms with Crippen LogP contribution in [0, 0.1) is 11.3 Å². The highest BCUT2D eigenvalue weighted by atomic mass is 32.2. The molecular formula is C24H22N10O8S4. The number of hydrogen-bond donors (Lipinski definition) is 5. The van der Waals surface area contributed by atoms with Crippen LogP contribution in [-0.2, 0) is 24.0 Å². The Morgan fingerprint density at radius 3 is 2.80 bits per heavy atom. The molecule has 0 aliphatic carbocycles. The average Bonchev–Trinajstić information content (AvgIpc) is 3.64. The maximum absolute atomic E-state index is 13.3.